The molecule has 0 fully saturated rings. The van der Waals surface area contributed by atoms with Crippen LogP contribution in [-0.2, 0) is 11.3 Å². The summed E-state index contributed by atoms with van der Waals surface area (Å²) < 4.78 is 15.4. The van der Waals surface area contributed by atoms with Crippen molar-refractivity contribution < 1.29 is 9.18 Å². The third-order valence-electron chi connectivity index (χ3n) is 4.89. The van der Waals surface area contributed by atoms with Crippen molar-refractivity contribution in [2.45, 2.75) is 19.5 Å². The van der Waals surface area contributed by atoms with Gasteiger partial charge in [-0.3, -0.25) is 9.78 Å². The summed E-state index contributed by atoms with van der Waals surface area (Å²) in [5.74, 6) is -0.464. The largest absolute Gasteiger partial charge is 0.344 e. The highest BCUT2D eigenvalue weighted by atomic mass is 19.1. The zero-order chi connectivity index (χ0) is 19.5. The summed E-state index contributed by atoms with van der Waals surface area (Å²) in [4.78, 5) is 16.9. The molecule has 0 saturated heterocycles. The number of nitrogens with zero attached hydrogens (tertiary/aromatic N) is 2. The Hall–Kier alpha value is -3.47. The smallest absolute Gasteiger partial charge is 0.240 e. The molecule has 1 N–H and O–H groups in total. The van der Waals surface area contributed by atoms with Crippen LogP contribution in [0.25, 0.3) is 10.9 Å². The van der Waals surface area contributed by atoms with E-state index in [9.17, 15) is 9.18 Å². The van der Waals surface area contributed by atoms with Crippen molar-refractivity contribution in [3.63, 3.8) is 0 Å². The number of hydrogen-bond donors (Lipinski definition) is 1. The van der Waals surface area contributed by atoms with Gasteiger partial charge in [-0.1, -0.05) is 24.3 Å². The van der Waals surface area contributed by atoms with Gasteiger partial charge in [-0.05, 0) is 65.4 Å². The highest BCUT2D eigenvalue weighted by molar-refractivity contribution is 5.83. The topological polar surface area (TPSA) is 46.9 Å². The van der Waals surface area contributed by atoms with Gasteiger partial charge in [0.05, 0.1) is 11.6 Å². The number of nitrogens with one attached hydrogen (secondary N) is 1. The predicted molar refractivity (Wildman–Crippen MR) is 107 cm³/mol. The summed E-state index contributed by atoms with van der Waals surface area (Å²) in [6.45, 7) is 2.14. The first-order valence-electron chi connectivity index (χ1n) is 9.11. The van der Waals surface area contributed by atoms with Gasteiger partial charge in [0, 0.05) is 18.6 Å². The van der Waals surface area contributed by atoms with Crippen molar-refractivity contribution >= 4 is 16.8 Å². The maximum Gasteiger partial charge on any atom is 0.240 e. The van der Waals surface area contributed by atoms with Crippen molar-refractivity contribution in [2.24, 2.45) is 0 Å². The van der Waals surface area contributed by atoms with E-state index in [-0.39, 0.29) is 24.3 Å². The van der Waals surface area contributed by atoms with Crippen molar-refractivity contribution in [3.05, 3.63) is 102 Å². The number of halogens is 1. The molecule has 4 rings (SSSR count). The number of carbonyl (C=O) groups is 1. The molecule has 2 heterocycles. The molecule has 0 unspecified atom stereocenters. The molecule has 140 valence electrons. The molecule has 0 bridgehead atoms. The van der Waals surface area contributed by atoms with Crippen LogP contribution in [0.4, 0.5) is 4.39 Å². The fourth-order valence-electron chi connectivity index (χ4n) is 3.46. The number of aryl methyl sites for hydroxylation is 1. The molecule has 1 atom stereocenters. The van der Waals surface area contributed by atoms with Gasteiger partial charge in [0.2, 0.25) is 5.91 Å². The average molecular weight is 373 g/mol. The maximum atomic E-state index is 13.6. The molecular weight excluding hydrogens is 353 g/mol. The van der Waals surface area contributed by atoms with Gasteiger partial charge in [-0.15, -0.1) is 0 Å². The number of pyridine rings is 1. The molecule has 4 aromatic rings. The summed E-state index contributed by atoms with van der Waals surface area (Å²) in [5.41, 5.74) is 3.79. The molecule has 2 aromatic carbocycles. The highest BCUT2D eigenvalue weighted by Gasteiger charge is 2.19. The lowest BCUT2D eigenvalue weighted by molar-refractivity contribution is -0.122. The van der Waals surface area contributed by atoms with Crippen molar-refractivity contribution in [1.29, 1.82) is 0 Å². The van der Waals surface area contributed by atoms with E-state index in [1.54, 1.807) is 29.2 Å². The van der Waals surface area contributed by atoms with Crippen LogP contribution in [0.15, 0.2) is 79.3 Å². The molecule has 0 aliphatic heterocycles. The Balaban J connectivity index is 1.62. The second kappa shape index (κ2) is 7.64. The molecule has 2 aromatic heterocycles. The summed E-state index contributed by atoms with van der Waals surface area (Å²) >= 11 is 0. The normalized spacial score (nSPS) is 12.1. The van der Waals surface area contributed by atoms with Crippen LogP contribution in [0.5, 0.6) is 0 Å². The van der Waals surface area contributed by atoms with E-state index < -0.39 is 0 Å². The third-order valence-corrected chi connectivity index (χ3v) is 4.89. The van der Waals surface area contributed by atoms with Gasteiger partial charge in [-0.2, -0.15) is 0 Å². The van der Waals surface area contributed by atoms with Crippen LogP contribution < -0.4 is 5.32 Å². The van der Waals surface area contributed by atoms with E-state index in [2.05, 4.69) is 10.3 Å². The Labute approximate surface area is 162 Å². The van der Waals surface area contributed by atoms with Crippen LogP contribution in [0, 0.1) is 12.7 Å². The monoisotopic (exact) mass is 373 g/mol. The first-order chi connectivity index (χ1) is 13.6. The van der Waals surface area contributed by atoms with Crippen molar-refractivity contribution in [3.8, 4) is 0 Å². The molecule has 4 nitrogen and oxygen atoms in total. The number of amides is 1. The lowest BCUT2D eigenvalue weighted by Crippen LogP contribution is -2.32. The molecule has 0 aliphatic carbocycles. The van der Waals surface area contributed by atoms with Crippen LogP contribution in [0.1, 0.15) is 22.7 Å². The minimum Gasteiger partial charge on any atom is -0.344 e. The number of benzene rings is 2. The van der Waals surface area contributed by atoms with E-state index >= 15 is 0 Å². The minimum absolute atomic E-state index is 0.112. The van der Waals surface area contributed by atoms with Gasteiger partial charge >= 0.3 is 0 Å². The average Bonchev–Trinajstić information content (AvgIpc) is 3.09. The Morgan fingerprint density at radius 3 is 2.68 bits per heavy atom. The minimum atomic E-state index is -0.317. The molecule has 0 aliphatic rings. The van der Waals surface area contributed by atoms with E-state index in [0.29, 0.717) is 5.52 Å². The SMILES string of the molecule is Cc1ccccc1[C@@H](NC(=O)Cn1ccc2ccc(F)cc21)c1ccncc1. The lowest BCUT2D eigenvalue weighted by Gasteiger charge is -2.22. The highest BCUT2D eigenvalue weighted by Crippen LogP contribution is 2.25. The van der Waals surface area contributed by atoms with Crippen LogP contribution in [0.3, 0.4) is 0 Å². The Kier molecular flexibility index (Phi) is 4.89. The Bertz CT molecular complexity index is 1120. The third kappa shape index (κ3) is 3.64. The summed E-state index contributed by atoms with van der Waals surface area (Å²) in [5, 5.41) is 4.03. The van der Waals surface area contributed by atoms with Gasteiger partial charge in [0.15, 0.2) is 0 Å². The standard InChI is InChI=1S/C23H20FN3O/c1-16-4-2-3-5-20(16)23(18-8-11-25-12-9-18)26-22(28)15-27-13-10-17-6-7-19(24)14-21(17)27/h2-14,23H,15H2,1H3,(H,26,28)/t23-/m0/s1. The van der Waals surface area contributed by atoms with Gasteiger partial charge < -0.3 is 9.88 Å². The number of carbonyl (C=O) groups excluding carboxylic acids is 1. The quantitative estimate of drug-likeness (QED) is 0.564. The first kappa shape index (κ1) is 17.9. The fourth-order valence-corrected chi connectivity index (χ4v) is 3.46. The summed E-state index contributed by atoms with van der Waals surface area (Å²) in [6.07, 6.45) is 5.24. The molecule has 1 amide bonds. The second-order valence-corrected chi connectivity index (χ2v) is 6.78. The summed E-state index contributed by atoms with van der Waals surface area (Å²) in [7, 11) is 0. The van der Waals surface area contributed by atoms with Crippen LogP contribution in [0.2, 0.25) is 0 Å². The van der Waals surface area contributed by atoms with E-state index in [4.69, 9.17) is 0 Å². The molecule has 0 saturated carbocycles. The molecule has 0 spiro atoms. The second-order valence-electron chi connectivity index (χ2n) is 6.78. The number of rotatable bonds is 5. The van der Waals surface area contributed by atoms with Crippen LogP contribution >= 0.6 is 0 Å². The molecular formula is C23H20FN3O. The number of hydrogen-bond acceptors (Lipinski definition) is 2. The van der Waals surface area contributed by atoms with Crippen LogP contribution in [-0.4, -0.2) is 15.5 Å². The predicted octanol–water partition coefficient (Wildman–Crippen LogP) is 4.39. The van der Waals surface area contributed by atoms with E-state index in [1.807, 2.05) is 49.4 Å². The molecule has 28 heavy (non-hydrogen) atoms. The van der Waals surface area contributed by atoms with Gasteiger partial charge in [0.1, 0.15) is 12.4 Å². The van der Waals surface area contributed by atoms with E-state index in [0.717, 1.165) is 22.1 Å². The zero-order valence-electron chi connectivity index (χ0n) is 15.5. The van der Waals surface area contributed by atoms with Gasteiger partial charge in [0.25, 0.3) is 0 Å². The Morgan fingerprint density at radius 2 is 1.89 bits per heavy atom. The first-order valence-corrected chi connectivity index (χ1v) is 9.11. The Morgan fingerprint density at radius 1 is 1.11 bits per heavy atom. The van der Waals surface area contributed by atoms with Gasteiger partial charge in [-0.25, -0.2) is 4.39 Å². The van der Waals surface area contributed by atoms with E-state index in [1.165, 1.54) is 12.1 Å². The lowest BCUT2D eigenvalue weighted by atomic mass is 9.95. The van der Waals surface area contributed by atoms with Crippen molar-refractivity contribution in [2.75, 3.05) is 0 Å². The summed E-state index contributed by atoms with van der Waals surface area (Å²) in [6, 6.07) is 18.0. The van der Waals surface area contributed by atoms with Crippen molar-refractivity contribution in [1.82, 2.24) is 14.9 Å². The number of aromatic nitrogens is 2. The zero-order valence-corrected chi connectivity index (χ0v) is 15.5. The fraction of sp³-hybridized carbons (Fsp3) is 0.130. The number of fused-ring (bicyclic) bond motifs is 1. The molecule has 5 heteroatoms. The molecule has 0 radical (unpaired) electrons. The maximum absolute atomic E-state index is 13.6.